The number of hydrogen-bond acceptors (Lipinski definition) is 5. The van der Waals surface area contributed by atoms with E-state index in [9.17, 15) is 14.7 Å². The number of rotatable bonds is 2. The zero-order valence-electron chi connectivity index (χ0n) is 12.9. The van der Waals surface area contributed by atoms with Crippen LogP contribution >= 0.6 is 11.3 Å². The van der Waals surface area contributed by atoms with Crippen LogP contribution in [0.4, 0.5) is 0 Å². The Hall–Kier alpha value is -2.01. The molecule has 0 atom stereocenters. The van der Waals surface area contributed by atoms with E-state index in [1.54, 1.807) is 17.4 Å². The third-order valence-corrected chi connectivity index (χ3v) is 5.80. The average Bonchev–Trinajstić information content (AvgIpc) is 3.27. The van der Waals surface area contributed by atoms with E-state index >= 15 is 0 Å². The first-order valence-corrected chi connectivity index (χ1v) is 8.78. The number of thiazole rings is 1. The molecular weight excluding hydrogens is 310 g/mol. The quantitative estimate of drug-likeness (QED) is 0.513. The Morgan fingerprint density at radius 1 is 1.22 bits per heavy atom. The molecule has 2 aliphatic carbocycles. The minimum absolute atomic E-state index is 0.0312. The second-order valence-corrected chi connectivity index (χ2v) is 7.40. The normalized spacial score (nSPS) is 18.7. The standard InChI is InChI=1S/C18H17NO3S/c1-9-11(17(22)15-12(20)3-2-4-13(15)21)7-8-14-16(9)19-18(23-14)10-5-6-10/h7-8,10,22H,2-6H2,1H3. The number of aryl methyl sites for hydroxylation is 1. The number of hydrogen-bond donors (Lipinski definition) is 1. The number of carbonyl (C=O) groups excluding carboxylic acids is 2. The smallest absolute Gasteiger partial charge is 0.170 e. The summed E-state index contributed by atoms with van der Waals surface area (Å²) < 4.78 is 1.09. The van der Waals surface area contributed by atoms with Crippen LogP contribution in [-0.4, -0.2) is 21.7 Å². The van der Waals surface area contributed by atoms with Gasteiger partial charge in [0, 0.05) is 24.3 Å². The molecule has 0 radical (unpaired) electrons. The lowest BCUT2D eigenvalue weighted by molar-refractivity contribution is -0.123. The summed E-state index contributed by atoms with van der Waals surface area (Å²) >= 11 is 1.70. The van der Waals surface area contributed by atoms with Gasteiger partial charge in [0.25, 0.3) is 0 Å². The SMILES string of the molecule is Cc1c(C(O)=C2C(=O)CCCC2=O)ccc2sc(C3CC3)nc12. The van der Waals surface area contributed by atoms with Gasteiger partial charge in [0.2, 0.25) is 0 Å². The van der Waals surface area contributed by atoms with Gasteiger partial charge in [0.15, 0.2) is 11.6 Å². The molecule has 2 fully saturated rings. The molecule has 23 heavy (non-hydrogen) atoms. The molecule has 0 saturated heterocycles. The summed E-state index contributed by atoms with van der Waals surface area (Å²) in [5.74, 6) is -0.103. The lowest BCUT2D eigenvalue weighted by atomic mass is 9.89. The number of carbonyl (C=O) groups is 2. The van der Waals surface area contributed by atoms with E-state index in [-0.39, 0.29) is 22.9 Å². The predicted molar refractivity (Wildman–Crippen MR) is 89.7 cm³/mol. The number of ketones is 2. The van der Waals surface area contributed by atoms with Crippen LogP contribution in [0, 0.1) is 6.92 Å². The first-order chi connectivity index (χ1) is 11.1. The number of aliphatic hydroxyl groups is 1. The summed E-state index contributed by atoms with van der Waals surface area (Å²) in [6.07, 6.45) is 3.63. The van der Waals surface area contributed by atoms with Crippen LogP contribution < -0.4 is 0 Å². The van der Waals surface area contributed by atoms with Gasteiger partial charge in [-0.15, -0.1) is 11.3 Å². The second kappa shape index (κ2) is 5.27. The summed E-state index contributed by atoms with van der Waals surface area (Å²) in [4.78, 5) is 28.8. The topological polar surface area (TPSA) is 67.3 Å². The fraction of sp³-hybridized carbons (Fsp3) is 0.389. The molecule has 1 heterocycles. The maximum absolute atomic E-state index is 12.0. The van der Waals surface area contributed by atoms with E-state index in [1.807, 2.05) is 13.0 Å². The number of allylic oxidation sites excluding steroid dienone is 1. The van der Waals surface area contributed by atoms with E-state index in [4.69, 9.17) is 4.98 Å². The summed E-state index contributed by atoms with van der Waals surface area (Å²) in [5, 5.41) is 11.7. The van der Waals surface area contributed by atoms with Crippen LogP contribution in [0.25, 0.3) is 16.0 Å². The molecule has 4 nitrogen and oxygen atoms in total. The Balaban J connectivity index is 1.86. The summed E-state index contributed by atoms with van der Waals surface area (Å²) in [6, 6.07) is 3.72. The van der Waals surface area contributed by atoms with E-state index in [0.717, 1.165) is 20.8 Å². The van der Waals surface area contributed by atoms with Crippen molar-refractivity contribution in [2.24, 2.45) is 0 Å². The molecule has 4 rings (SSSR count). The second-order valence-electron chi connectivity index (χ2n) is 6.33. The lowest BCUT2D eigenvalue weighted by Gasteiger charge is -2.15. The summed E-state index contributed by atoms with van der Waals surface area (Å²) in [5.41, 5.74) is 2.22. The van der Waals surface area contributed by atoms with E-state index in [1.165, 1.54) is 12.8 Å². The minimum Gasteiger partial charge on any atom is -0.506 e. The molecule has 0 unspecified atom stereocenters. The minimum atomic E-state index is -0.254. The van der Waals surface area contributed by atoms with Crippen molar-refractivity contribution in [3.05, 3.63) is 33.8 Å². The average molecular weight is 327 g/mol. The van der Waals surface area contributed by atoms with Crippen molar-refractivity contribution >= 4 is 38.9 Å². The maximum Gasteiger partial charge on any atom is 0.170 e. The van der Waals surface area contributed by atoms with Gasteiger partial charge in [-0.2, -0.15) is 0 Å². The highest BCUT2D eigenvalue weighted by atomic mass is 32.1. The highest BCUT2D eigenvalue weighted by Gasteiger charge is 2.30. The Bertz CT molecular complexity index is 856. The third-order valence-electron chi connectivity index (χ3n) is 4.61. The predicted octanol–water partition coefficient (Wildman–Crippen LogP) is 4.07. The van der Waals surface area contributed by atoms with Gasteiger partial charge in [-0.05, 0) is 43.9 Å². The molecule has 2 aliphatic rings. The van der Waals surface area contributed by atoms with Crippen molar-refractivity contribution in [2.75, 3.05) is 0 Å². The Morgan fingerprint density at radius 2 is 1.91 bits per heavy atom. The zero-order valence-corrected chi connectivity index (χ0v) is 13.7. The Labute approximate surface area is 137 Å². The maximum atomic E-state index is 12.0. The van der Waals surface area contributed by atoms with Crippen LogP contribution in [-0.2, 0) is 9.59 Å². The Morgan fingerprint density at radius 3 is 2.57 bits per heavy atom. The van der Waals surface area contributed by atoms with Gasteiger partial charge in [-0.25, -0.2) is 4.98 Å². The number of fused-ring (bicyclic) bond motifs is 1. The highest BCUT2D eigenvalue weighted by molar-refractivity contribution is 7.18. The molecule has 118 valence electrons. The highest BCUT2D eigenvalue weighted by Crippen LogP contribution is 2.44. The van der Waals surface area contributed by atoms with Gasteiger partial charge in [-0.3, -0.25) is 9.59 Å². The van der Waals surface area contributed by atoms with Crippen molar-refractivity contribution in [1.82, 2.24) is 4.98 Å². The van der Waals surface area contributed by atoms with Gasteiger partial charge in [0.05, 0.1) is 15.2 Å². The zero-order chi connectivity index (χ0) is 16.1. The monoisotopic (exact) mass is 327 g/mol. The van der Waals surface area contributed by atoms with Crippen molar-refractivity contribution in [3.8, 4) is 0 Å². The molecule has 2 aromatic rings. The largest absolute Gasteiger partial charge is 0.506 e. The number of aromatic nitrogens is 1. The van der Waals surface area contributed by atoms with Crippen molar-refractivity contribution in [1.29, 1.82) is 0 Å². The molecular formula is C18H17NO3S. The van der Waals surface area contributed by atoms with Gasteiger partial charge in [0.1, 0.15) is 11.3 Å². The molecule has 1 aromatic heterocycles. The van der Waals surface area contributed by atoms with Gasteiger partial charge < -0.3 is 5.11 Å². The number of nitrogens with zero attached hydrogens (tertiary/aromatic N) is 1. The van der Waals surface area contributed by atoms with Gasteiger partial charge >= 0.3 is 0 Å². The van der Waals surface area contributed by atoms with Crippen molar-refractivity contribution < 1.29 is 14.7 Å². The van der Waals surface area contributed by atoms with E-state index < -0.39 is 0 Å². The van der Waals surface area contributed by atoms with E-state index in [2.05, 4.69) is 0 Å². The molecule has 5 heteroatoms. The van der Waals surface area contributed by atoms with Crippen LogP contribution in [0.2, 0.25) is 0 Å². The summed E-state index contributed by atoms with van der Waals surface area (Å²) in [7, 11) is 0. The molecule has 0 amide bonds. The molecule has 0 bridgehead atoms. The molecule has 0 aliphatic heterocycles. The molecule has 2 saturated carbocycles. The fourth-order valence-electron chi connectivity index (χ4n) is 3.12. The first kappa shape index (κ1) is 14.6. The number of Topliss-reactive ketones (excluding diaryl/α,β-unsaturated/α-hetero) is 2. The fourth-order valence-corrected chi connectivity index (χ4v) is 4.31. The van der Waals surface area contributed by atoms with Crippen LogP contribution in [0.3, 0.4) is 0 Å². The van der Waals surface area contributed by atoms with Gasteiger partial charge in [-0.1, -0.05) is 0 Å². The number of benzene rings is 1. The lowest BCUT2D eigenvalue weighted by Crippen LogP contribution is -2.20. The summed E-state index contributed by atoms with van der Waals surface area (Å²) in [6.45, 7) is 1.89. The third kappa shape index (κ3) is 2.39. The van der Waals surface area contributed by atoms with Crippen molar-refractivity contribution in [3.63, 3.8) is 0 Å². The first-order valence-electron chi connectivity index (χ1n) is 7.96. The molecule has 0 spiro atoms. The molecule has 1 aromatic carbocycles. The van der Waals surface area contributed by atoms with E-state index in [0.29, 0.717) is 30.7 Å². The number of aliphatic hydroxyl groups excluding tert-OH is 1. The van der Waals surface area contributed by atoms with Crippen LogP contribution in [0.15, 0.2) is 17.7 Å². The van der Waals surface area contributed by atoms with Crippen LogP contribution in [0.5, 0.6) is 0 Å². The van der Waals surface area contributed by atoms with Crippen LogP contribution in [0.1, 0.15) is 54.2 Å². The van der Waals surface area contributed by atoms with Crippen molar-refractivity contribution in [2.45, 2.75) is 44.9 Å². The Kier molecular flexibility index (Phi) is 3.34. The molecule has 1 N–H and O–H groups in total.